The highest BCUT2D eigenvalue weighted by Gasteiger charge is 2.38. The Morgan fingerprint density at radius 2 is 1.95 bits per heavy atom. The zero-order chi connectivity index (χ0) is 27.7. The molecule has 0 radical (unpaired) electrons. The molecule has 1 aromatic carbocycles. The molecule has 40 heavy (non-hydrogen) atoms. The summed E-state index contributed by atoms with van der Waals surface area (Å²) in [5.41, 5.74) is 13.5. The Kier molecular flexibility index (Phi) is 9.31. The van der Waals surface area contributed by atoms with Crippen LogP contribution < -0.4 is 33.1 Å². The summed E-state index contributed by atoms with van der Waals surface area (Å²) in [7, 11) is 0. The first kappa shape index (κ1) is 30.1. The first-order valence-corrected chi connectivity index (χ1v) is 13.9. The number of halogens is 1. The van der Waals surface area contributed by atoms with E-state index in [2.05, 4.69) is 33.1 Å². The number of rotatable bonds is 7. The maximum absolute atomic E-state index is 13.0. The van der Waals surface area contributed by atoms with Gasteiger partial charge in [0.1, 0.15) is 11.9 Å². The minimum absolute atomic E-state index is 0. The van der Waals surface area contributed by atoms with Gasteiger partial charge in [-0.2, -0.15) is 4.98 Å². The van der Waals surface area contributed by atoms with Gasteiger partial charge in [-0.1, -0.05) is 6.07 Å². The lowest BCUT2D eigenvalue weighted by Crippen LogP contribution is -2.63. The van der Waals surface area contributed by atoms with Crippen molar-refractivity contribution < 1.29 is 9.59 Å². The van der Waals surface area contributed by atoms with Gasteiger partial charge in [-0.15, -0.1) is 12.4 Å². The van der Waals surface area contributed by atoms with Crippen molar-refractivity contribution >= 4 is 30.0 Å². The number of amides is 2. The summed E-state index contributed by atoms with van der Waals surface area (Å²) in [5.74, 6) is 0.554. The summed E-state index contributed by atoms with van der Waals surface area (Å²) in [6.07, 6.45) is 6.97. The maximum Gasteiger partial charge on any atom is 0.354 e. The molecule has 1 saturated carbocycles. The molecule has 2 amide bonds. The molecule has 2 fully saturated rings. The van der Waals surface area contributed by atoms with Gasteiger partial charge in [0.2, 0.25) is 0 Å². The standard InChI is InChI=1S/C28H40N8O3.ClH/c1-28(2,30)25(37)23-16-31-8-10-36(23)27(39)34-24-7-9-35(26(38)33-24)22-6-4-18-3-5-20(13-19(18)14-22)32-21-11-17(12-21)15-29;/h4,6-7,9,14,17,20-21,23,31-32H,3,5,8,10-13,15-16,29-30H2,1-2H3,(H,33,34,38,39);1H/t17-,20?,21-,23?;. The molecular weight excluding hydrogens is 532 g/mol. The Bertz CT molecular complexity index is 1290. The molecule has 1 aliphatic heterocycles. The molecule has 2 heterocycles. The van der Waals surface area contributed by atoms with E-state index >= 15 is 0 Å². The summed E-state index contributed by atoms with van der Waals surface area (Å²) >= 11 is 0. The van der Waals surface area contributed by atoms with E-state index in [1.54, 1.807) is 26.1 Å². The molecule has 2 aliphatic carbocycles. The van der Waals surface area contributed by atoms with Gasteiger partial charge in [-0.05, 0) is 87.7 Å². The molecule has 12 heteroatoms. The van der Waals surface area contributed by atoms with Gasteiger partial charge in [-0.3, -0.25) is 14.7 Å². The number of hydrogen-bond acceptors (Lipinski definition) is 8. The van der Waals surface area contributed by atoms with Crippen molar-refractivity contribution in [3.63, 3.8) is 0 Å². The molecule has 5 rings (SSSR count). The van der Waals surface area contributed by atoms with E-state index in [9.17, 15) is 14.4 Å². The molecular formula is C28H41ClN8O3. The monoisotopic (exact) mass is 572 g/mol. The molecule has 1 saturated heterocycles. The predicted molar refractivity (Wildman–Crippen MR) is 157 cm³/mol. The fraction of sp³-hybridized carbons (Fsp3) is 0.571. The van der Waals surface area contributed by atoms with Crippen molar-refractivity contribution in [2.75, 3.05) is 31.5 Å². The number of aryl methyl sites for hydroxylation is 1. The third-order valence-corrected chi connectivity index (χ3v) is 8.22. The van der Waals surface area contributed by atoms with Crippen LogP contribution >= 0.6 is 12.4 Å². The lowest BCUT2D eigenvalue weighted by Gasteiger charge is -2.39. The average molecular weight is 573 g/mol. The van der Waals surface area contributed by atoms with E-state index in [0.717, 1.165) is 44.3 Å². The third-order valence-electron chi connectivity index (χ3n) is 8.22. The van der Waals surface area contributed by atoms with Crippen LogP contribution in [-0.4, -0.2) is 76.1 Å². The van der Waals surface area contributed by atoms with E-state index in [1.807, 2.05) is 6.07 Å². The van der Waals surface area contributed by atoms with E-state index in [4.69, 9.17) is 11.5 Å². The number of anilines is 1. The zero-order valence-corrected chi connectivity index (χ0v) is 24.0. The Morgan fingerprint density at radius 1 is 1.18 bits per heavy atom. The molecule has 2 aromatic rings. The second-order valence-electron chi connectivity index (χ2n) is 11.7. The fourth-order valence-corrected chi connectivity index (χ4v) is 5.89. The van der Waals surface area contributed by atoms with Crippen LogP contribution in [0, 0.1) is 5.92 Å². The largest absolute Gasteiger partial charge is 0.354 e. The van der Waals surface area contributed by atoms with E-state index < -0.39 is 23.3 Å². The zero-order valence-electron chi connectivity index (χ0n) is 23.2. The first-order chi connectivity index (χ1) is 18.6. The summed E-state index contributed by atoms with van der Waals surface area (Å²) in [6, 6.07) is 7.50. The van der Waals surface area contributed by atoms with E-state index in [1.165, 1.54) is 20.6 Å². The van der Waals surface area contributed by atoms with E-state index in [0.29, 0.717) is 37.6 Å². The summed E-state index contributed by atoms with van der Waals surface area (Å²) in [4.78, 5) is 44.4. The quantitative estimate of drug-likeness (QED) is 0.328. The van der Waals surface area contributed by atoms with Crippen LogP contribution in [0.1, 0.15) is 44.2 Å². The number of carbonyl (C=O) groups is 2. The second kappa shape index (κ2) is 12.4. The number of urea groups is 1. The SMILES string of the molecule is CC(C)(N)C(=O)C1CNCCN1C(=O)Nc1ccn(-c2ccc3c(c2)CC(N[C@H]2C[C@H](CN)C2)CC3)c(=O)n1.Cl. The molecule has 2 unspecified atom stereocenters. The van der Waals surface area contributed by atoms with Crippen molar-refractivity contribution in [1.82, 2.24) is 25.1 Å². The number of aromatic nitrogens is 2. The smallest absolute Gasteiger partial charge is 0.330 e. The van der Waals surface area contributed by atoms with Crippen molar-refractivity contribution in [3.8, 4) is 5.69 Å². The van der Waals surface area contributed by atoms with Gasteiger partial charge in [0.05, 0.1) is 11.2 Å². The Labute approximate surface area is 240 Å². The van der Waals surface area contributed by atoms with Crippen LogP contribution in [0.15, 0.2) is 35.3 Å². The predicted octanol–water partition coefficient (Wildman–Crippen LogP) is 0.951. The van der Waals surface area contributed by atoms with Gasteiger partial charge in [0.15, 0.2) is 5.78 Å². The normalized spacial score (nSPS) is 24.4. The minimum Gasteiger partial charge on any atom is -0.330 e. The molecule has 2 atom stereocenters. The number of ketones is 1. The second-order valence-corrected chi connectivity index (χ2v) is 11.7. The van der Waals surface area contributed by atoms with Crippen molar-refractivity contribution in [2.45, 2.75) is 69.6 Å². The Morgan fingerprint density at radius 3 is 2.65 bits per heavy atom. The summed E-state index contributed by atoms with van der Waals surface area (Å²) < 4.78 is 1.48. The molecule has 218 valence electrons. The third kappa shape index (κ3) is 6.55. The number of nitrogens with zero attached hydrogens (tertiary/aromatic N) is 3. The topological polar surface area (TPSA) is 160 Å². The van der Waals surface area contributed by atoms with Gasteiger partial charge >= 0.3 is 11.7 Å². The Hall–Kier alpha value is -2.83. The van der Waals surface area contributed by atoms with Gasteiger partial charge in [0.25, 0.3) is 0 Å². The first-order valence-electron chi connectivity index (χ1n) is 13.9. The number of hydrogen-bond donors (Lipinski definition) is 5. The molecule has 11 nitrogen and oxygen atoms in total. The van der Waals surface area contributed by atoms with Gasteiger partial charge in [0, 0.05) is 37.9 Å². The minimum atomic E-state index is -1.07. The van der Waals surface area contributed by atoms with Crippen molar-refractivity contribution in [3.05, 3.63) is 52.1 Å². The van der Waals surface area contributed by atoms with Crippen molar-refractivity contribution in [1.29, 1.82) is 0 Å². The summed E-state index contributed by atoms with van der Waals surface area (Å²) in [6.45, 7) is 5.25. The highest BCUT2D eigenvalue weighted by atomic mass is 35.5. The van der Waals surface area contributed by atoms with Crippen LogP contribution in [0.25, 0.3) is 5.69 Å². The highest BCUT2D eigenvalue weighted by molar-refractivity contribution is 5.97. The molecule has 1 aromatic heterocycles. The molecule has 7 N–H and O–H groups in total. The van der Waals surface area contributed by atoms with Crippen LogP contribution in [0.2, 0.25) is 0 Å². The number of nitrogens with one attached hydrogen (secondary N) is 3. The fourth-order valence-electron chi connectivity index (χ4n) is 5.89. The van der Waals surface area contributed by atoms with Crippen LogP contribution in [-0.2, 0) is 17.6 Å². The summed E-state index contributed by atoms with van der Waals surface area (Å²) in [5, 5.41) is 9.61. The van der Waals surface area contributed by atoms with Crippen LogP contribution in [0.5, 0.6) is 0 Å². The highest BCUT2D eigenvalue weighted by Crippen LogP contribution is 2.29. The number of piperazine rings is 1. The van der Waals surface area contributed by atoms with Gasteiger partial charge in [-0.25, -0.2) is 9.59 Å². The van der Waals surface area contributed by atoms with Gasteiger partial charge < -0.3 is 27.0 Å². The number of Topliss-reactive ketones (excluding diaryl/α,β-unsaturated/α-hetero) is 1. The van der Waals surface area contributed by atoms with Crippen molar-refractivity contribution in [2.24, 2.45) is 17.4 Å². The van der Waals surface area contributed by atoms with Crippen LogP contribution in [0.4, 0.5) is 10.6 Å². The number of benzene rings is 1. The average Bonchev–Trinajstić information content (AvgIpc) is 2.89. The lowest BCUT2D eigenvalue weighted by molar-refractivity contribution is -0.127. The van der Waals surface area contributed by atoms with Crippen LogP contribution in [0.3, 0.4) is 0 Å². The lowest BCUT2D eigenvalue weighted by atomic mass is 9.79. The Balaban J connectivity index is 0.00000370. The molecule has 3 aliphatic rings. The molecule has 0 bridgehead atoms. The maximum atomic E-state index is 13.0. The number of carbonyl (C=O) groups excluding carboxylic acids is 2. The number of fused-ring (bicyclic) bond motifs is 1. The molecule has 0 spiro atoms. The van der Waals surface area contributed by atoms with E-state index in [-0.39, 0.29) is 24.0 Å². The number of nitrogens with two attached hydrogens (primary N) is 2.